The zero-order valence-corrected chi connectivity index (χ0v) is 12.9. The molecule has 8 heteroatoms. The molecule has 0 atom stereocenters. The highest BCUT2D eigenvalue weighted by molar-refractivity contribution is 6.31. The van der Waals surface area contributed by atoms with E-state index in [0.717, 1.165) is 0 Å². The van der Waals surface area contributed by atoms with E-state index in [1.165, 1.54) is 34.2 Å². The SMILES string of the molecule is Cn1ccc(C(=O)Nc2cc(Cl)ccc2-n2cncn2)cc1=O. The van der Waals surface area contributed by atoms with Crippen molar-refractivity contribution in [1.29, 1.82) is 0 Å². The lowest BCUT2D eigenvalue weighted by Crippen LogP contribution is -2.20. The number of halogens is 1. The molecule has 0 fully saturated rings. The Morgan fingerprint density at radius 2 is 2.09 bits per heavy atom. The van der Waals surface area contributed by atoms with Gasteiger partial charge in [-0.15, -0.1) is 0 Å². The Morgan fingerprint density at radius 3 is 2.78 bits per heavy atom. The monoisotopic (exact) mass is 329 g/mol. The molecular weight excluding hydrogens is 318 g/mol. The maximum atomic E-state index is 12.4. The van der Waals surface area contributed by atoms with Crippen LogP contribution < -0.4 is 10.9 Å². The van der Waals surface area contributed by atoms with Crippen LogP contribution in [-0.2, 0) is 7.05 Å². The van der Waals surface area contributed by atoms with Crippen molar-refractivity contribution in [2.24, 2.45) is 7.05 Å². The summed E-state index contributed by atoms with van der Waals surface area (Å²) in [6.45, 7) is 0. The Morgan fingerprint density at radius 1 is 1.26 bits per heavy atom. The summed E-state index contributed by atoms with van der Waals surface area (Å²) < 4.78 is 2.90. The average Bonchev–Trinajstić information content (AvgIpc) is 3.04. The number of hydrogen-bond acceptors (Lipinski definition) is 4. The Bertz CT molecular complexity index is 918. The summed E-state index contributed by atoms with van der Waals surface area (Å²) >= 11 is 6.00. The van der Waals surface area contributed by atoms with Gasteiger partial charge in [-0.3, -0.25) is 9.59 Å². The summed E-state index contributed by atoms with van der Waals surface area (Å²) in [5.41, 5.74) is 1.08. The number of nitrogens with zero attached hydrogens (tertiary/aromatic N) is 4. The highest BCUT2D eigenvalue weighted by Gasteiger charge is 2.12. The number of benzene rings is 1. The normalized spacial score (nSPS) is 10.5. The average molecular weight is 330 g/mol. The summed E-state index contributed by atoms with van der Waals surface area (Å²) in [5, 5.41) is 7.25. The second-order valence-corrected chi connectivity index (χ2v) is 5.26. The fourth-order valence-electron chi connectivity index (χ4n) is 2.03. The maximum Gasteiger partial charge on any atom is 0.255 e. The number of pyridine rings is 1. The van der Waals surface area contributed by atoms with Crippen molar-refractivity contribution in [3.8, 4) is 5.69 Å². The fraction of sp³-hybridized carbons (Fsp3) is 0.0667. The Kier molecular flexibility index (Phi) is 3.94. The Hall–Kier alpha value is -2.93. The van der Waals surface area contributed by atoms with Crippen LogP contribution in [0.2, 0.25) is 5.02 Å². The first-order valence-electron chi connectivity index (χ1n) is 6.67. The number of rotatable bonds is 3. The predicted octanol–water partition coefficient (Wildman–Crippen LogP) is 1.87. The van der Waals surface area contributed by atoms with Gasteiger partial charge in [-0.1, -0.05) is 11.6 Å². The van der Waals surface area contributed by atoms with Crippen LogP contribution in [0.15, 0.2) is 54.0 Å². The predicted molar refractivity (Wildman–Crippen MR) is 86.0 cm³/mol. The van der Waals surface area contributed by atoms with Gasteiger partial charge < -0.3 is 9.88 Å². The Labute approximate surface area is 136 Å². The quantitative estimate of drug-likeness (QED) is 0.795. The summed E-state index contributed by atoms with van der Waals surface area (Å²) in [7, 11) is 1.61. The van der Waals surface area contributed by atoms with Crippen molar-refractivity contribution in [3.05, 3.63) is 70.1 Å². The van der Waals surface area contributed by atoms with Gasteiger partial charge in [0.05, 0.1) is 11.4 Å². The Balaban J connectivity index is 1.96. The smallest absolute Gasteiger partial charge is 0.255 e. The van der Waals surface area contributed by atoms with E-state index in [4.69, 9.17) is 11.6 Å². The van der Waals surface area contributed by atoms with Crippen LogP contribution in [0.4, 0.5) is 5.69 Å². The van der Waals surface area contributed by atoms with Gasteiger partial charge in [0.2, 0.25) is 0 Å². The number of amides is 1. The number of carbonyl (C=O) groups is 1. The second-order valence-electron chi connectivity index (χ2n) is 4.82. The van der Waals surface area contributed by atoms with Gasteiger partial charge in [-0.2, -0.15) is 5.10 Å². The van der Waals surface area contributed by atoms with Crippen LogP contribution in [0.3, 0.4) is 0 Å². The molecular formula is C15H12ClN5O2. The molecule has 0 bridgehead atoms. The molecule has 0 aliphatic carbocycles. The van der Waals surface area contributed by atoms with Crippen LogP contribution in [0.1, 0.15) is 10.4 Å². The molecule has 2 aromatic heterocycles. The second kappa shape index (κ2) is 6.05. The van der Waals surface area contributed by atoms with E-state index in [1.807, 2.05) is 0 Å². The summed E-state index contributed by atoms with van der Waals surface area (Å²) in [6, 6.07) is 7.85. The molecule has 0 saturated carbocycles. The summed E-state index contributed by atoms with van der Waals surface area (Å²) in [6.07, 6.45) is 4.44. The molecule has 3 rings (SSSR count). The minimum Gasteiger partial charge on any atom is -0.320 e. The van der Waals surface area contributed by atoms with Crippen molar-refractivity contribution in [1.82, 2.24) is 19.3 Å². The molecule has 0 saturated heterocycles. The van der Waals surface area contributed by atoms with E-state index in [2.05, 4.69) is 15.4 Å². The molecule has 23 heavy (non-hydrogen) atoms. The third-order valence-electron chi connectivity index (χ3n) is 3.24. The fourth-order valence-corrected chi connectivity index (χ4v) is 2.20. The highest BCUT2D eigenvalue weighted by atomic mass is 35.5. The van der Waals surface area contributed by atoms with E-state index in [9.17, 15) is 9.59 Å². The molecule has 3 aromatic rings. The molecule has 1 amide bonds. The van der Waals surface area contributed by atoms with Gasteiger partial charge in [0.15, 0.2) is 0 Å². The number of aryl methyl sites for hydroxylation is 1. The van der Waals surface area contributed by atoms with Crippen LogP contribution >= 0.6 is 11.6 Å². The lowest BCUT2D eigenvalue weighted by Gasteiger charge is -2.11. The van der Waals surface area contributed by atoms with E-state index in [-0.39, 0.29) is 11.1 Å². The van der Waals surface area contributed by atoms with Gasteiger partial charge in [-0.05, 0) is 24.3 Å². The molecule has 1 aromatic carbocycles. The van der Waals surface area contributed by atoms with E-state index in [1.54, 1.807) is 31.3 Å². The number of hydrogen-bond donors (Lipinski definition) is 1. The van der Waals surface area contributed by atoms with Crippen molar-refractivity contribution < 1.29 is 4.79 Å². The standard InChI is InChI=1S/C15H12ClN5O2/c1-20-5-4-10(6-14(20)22)15(23)19-12-7-11(16)2-3-13(12)21-9-17-8-18-21/h2-9H,1H3,(H,19,23). The number of aromatic nitrogens is 4. The highest BCUT2D eigenvalue weighted by Crippen LogP contribution is 2.24. The largest absolute Gasteiger partial charge is 0.320 e. The van der Waals surface area contributed by atoms with E-state index in [0.29, 0.717) is 16.4 Å². The lowest BCUT2D eigenvalue weighted by molar-refractivity contribution is 0.102. The molecule has 116 valence electrons. The van der Waals surface area contributed by atoms with Crippen molar-refractivity contribution in [2.75, 3.05) is 5.32 Å². The number of carbonyl (C=O) groups excluding carboxylic acids is 1. The molecule has 0 aliphatic rings. The summed E-state index contributed by atoms with van der Waals surface area (Å²) in [5.74, 6) is -0.411. The minimum absolute atomic E-state index is 0.262. The van der Waals surface area contributed by atoms with Crippen molar-refractivity contribution in [2.45, 2.75) is 0 Å². The van der Waals surface area contributed by atoms with E-state index < -0.39 is 5.91 Å². The first kappa shape index (κ1) is 15.0. The molecule has 0 spiro atoms. The first-order chi connectivity index (χ1) is 11.0. The zero-order valence-electron chi connectivity index (χ0n) is 12.1. The van der Waals surface area contributed by atoms with Crippen molar-refractivity contribution >= 4 is 23.2 Å². The van der Waals surface area contributed by atoms with Crippen LogP contribution in [0, 0.1) is 0 Å². The number of nitrogens with one attached hydrogen (secondary N) is 1. The third kappa shape index (κ3) is 3.14. The first-order valence-corrected chi connectivity index (χ1v) is 7.05. The third-order valence-corrected chi connectivity index (χ3v) is 3.47. The van der Waals surface area contributed by atoms with Crippen LogP contribution in [0.25, 0.3) is 5.69 Å². The molecule has 2 heterocycles. The van der Waals surface area contributed by atoms with Gasteiger partial charge in [-0.25, -0.2) is 9.67 Å². The molecule has 0 unspecified atom stereocenters. The molecule has 0 aliphatic heterocycles. The van der Waals surface area contributed by atoms with Gasteiger partial charge >= 0.3 is 0 Å². The van der Waals surface area contributed by atoms with Gasteiger partial charge in [0.25, 0.3) is 11.5 Å². The topological polar surface area (TPSA) is 81.8 Å². The van der Waals surface area contributed by atoms with Crippen LogP contribution in [0.5, 0.6) is 0 Å². The van der Waals surface area contributed by atoms with E-state index >= 15 is 0 Å². The number of anilines is 1. The molecule has 0 radical (unpaired) electrons. The van der Waals surface area contributed by atoms with Crippen LogP contribution in [-0.4, -0.2) is 25.2 Å². The molecule has 7 nitrogen and oxygen atoms in total. The van der Waals surface area contributed by atoms with Gasteiger partial charge in [0, 0.05) is 29.9 Å². The lowest BCUT2D eigenvalue weighted by atomic mass is 10.2. The maximum absolute atomic E-state index is 12.4. The minimum atomic E-state index is -0.411. The van der Waals surface area contributed by atoms with Gasteiger partial charge in [0.1, 0.15) is 12.7 Å². The molecule has 1 N–H and O–H groups in total. The zero-order chi connectivity index (χ0) is 16.4. The van der Waals surface area contributed by atoms with Crippen molar-refractivity contribution in [3.63, 3.8) is 0 Å². The summed E-state index contributed by atoms with van der Waals surface area (Å²) in [4.78, 5) is 27.9.